The largest absolute Gasteiger partial charge is 0.323 e. The maximum absolute atomic E-state index is 11.5. The average Bonchev–Trinajstić information content (AvgIpc) is 2.74. The summed E-state index contributed by atoms with van der Waals surface area (Å²) in [5.41, 5.74) is 1.54. The van der Waals surface area contributed by atoms with Gasteiger partial charge in [0.15, 0.2) is 0 Å². The van der Waals surface area contributed by atoms with E-state index in [4.69, 9.17) is 11.6 Å². The highest BCUT2D eigenvalue weighted by Gasteiger charge is 2.04. The van der Waals surface area contributed by atoms with Crippen LogP contribution in [0.15, 0.2) is 48.2 Å². The third-order valence-corrected chi connectivity index (χ3v) is 2.38. The quantitative estimate of drug-likeness (QED) is 0.810. The maximum Gasteiger partial charge on any atom is 0.323 e. The lowest BCUT2D eigenvalue weighted by atomic mass is 10.3. The van der Waals surface area contributed by atoms with Gasteiger partial charge in [0.1, 0.15) is 0 Å². The molecule has 2 rings (SSSR count). The summed E-state index contributed by atoms with van der Waals surface area (Å²) >= 11 is 5.74. The number of benzene rings is 1. The molecule has 0 aliphatic heterocycles. The summed E-state index contributed by atoms with van der Waals surface area (Å²) in [4.78, 5) is 11.5. The molecule has 2 amide bonds. The number of urea groups is 1. The Labute approximate surface area is 98.8 Å². The van der Waals surface area contributed by atoms with E-state index in [2.05, 4.69) is 10.6 Å². The van der Waals surface area contributed by atoms with E-state index in [1.54, 1.807) is 24.3 Å². The second-order valence-electron chi connectivity index (χ2n) is 3.38. The lowest BCUT2D eigenvalue weighted by Crippen LogP contribution is -2.26. The molecule has 0 fully saturated rings. The van der Waals surface area contributed by atoms with Gasteiger partial charge in [-0.1, -0.05) is 23.8 Å². The molecule has 2 N–H and O–H groups in total. The van der Waals surface area contributed by atoms with Crippen LogP contribution in [0.25, 0.3) is 0 Å². The number of hydrogen-bond acceptors (Lipinski definition) is 1. The number of halogens is 1. The second kappa shape index (κ2) is 4.86. The number of carbonyl (C=O) groups excluding carboxylic acids is 1. The van der Waals surface area contributed by atoms with Gasteiger partial charge in [-0.2, -0.15) is 0 Å². The summed E-state index contributed by atoms with van der Waals surface area (Å²) < 4.78 is 0. The van der Waals surface area contributed by atoms with Crippen molar-refractivity contribution in [1.82, 2.24) is 5.32 Å². The normalized spacial score (nSPS) is 13.4. The fourth-order valence-electron chi connectivity index (χ4n) is 1.38. The molecule has 0 atom stereocenters. The first kappa shape index (κ1) is 10.8. The van der Waals surface area contributed by atoms with Crippen LogP contribution in [0.1, 0.15) is 6.42 Å². The van der Waals surface area contributed by atoms with Crippen molar-refractivity contribution in [3.8, 4) is 0 Å². The molecule has 0 heterocycles. The van der Waals surface area contributed by atoms with Crippen LogP contribution in [0, 0.1) is 0 Å². The molecule has 0 aromatic heterocycles. The van der Waals surface area contributed by atoms with Gasteiger partial charge < -0.3 is 10.6 Å². The van der Waals surface area contributed by atoms with Crippen LogP contribution < -0.4 is 10.6 Å². The highest BCUT2D eigenvalue weighted by atomic mass is 35.5. The third-order valence-electron chi connectivity index (χ3n) is 2.13. The highest BCUT2D eigenvalue weighted by Crippen LogP contribution is 2.13. The Hall–Kier alpha value is -1.74. The van der Waals surface area contributed by atoms with Crippen molar-refractivity contribution in [2.45, 2.75) is 6.42 Å². The van der Waals surface area contributed by atoms with Crippen molar-refractivity contribution in [1.29, 1.82) is 0 Å². The van der Waals surface area contributed by atoms with Crippen LogP contribution in [0.2, 0.25) is 5.02 Å². The Morgan fingerprint density at radius 3 is 2.56 bits per heavy atom. The Kier molecular flexibility index (Phi) is 3.27. The number of nitrogens with one attached hydrogen (secondary N) is 2. The second-order valence-corrected chi connectivity index (χ2v) is 3.82. The fraction of sp³-hybridized carbons (Fsp3) is 0.0833. The van der Waals surface area contributed by atoms with Crippen molar-refractivity contribution < 1.29 is 4.79 Å². The predicted octanol–water partition coefficient (Wildman–Crippen LogP) is 3.31. The number of hydrogen-bond donors (Lipinski definition) is 2. The van der Waals surface area contributed by atoms with E-state index in [9.17, 15) is 4.79 Å². The number of allylic oxidation sites excluding steroid dienone is 3. The summed E-state index contributed by atoms with van der Waals surface area (Å²) in [7, 11) is 0. The Morgan fingerprint density at radius 1 is 1.19 bits per heavy atom. The zero-order valence-electron chi connectivity index (χ0n) is 8.53. The first-order valence-corrected chi connectivity index (χ1v) is 5.32. The molecule has 0 spiro atoms. The number of rotatable bonds is 2. The molecule has 1 aromatic carbocycles. The minimum absolute atomic E-state index is 0.250. The van der Waals surface area contributed by atoms with Crippen molar-refractivity contribution in [3.63, 3.8) is 0 Å². The van der Waals surface area contributed by atoms with Crippen LogP contribution in [0.5, 0.6) is 0 Å². The van der Waals surface area contributed by atoms with Crippen molar-refractivity contribution in [2.75, 3.05) is 5.32 Å². The van der Waals surface area contributed by atoms with Gasteiger partial charge in [0, 0.05) is 16.4 Å². The van der Waals surface area contributed by atoms with Gasteiger partial charge in [0.2, 0.25) is 0 Å². The van der Waals surface area contributed by atoms with E-state index >= 15 is 0 Å². The molecular formula is C12H11ClN2O. The molecule has 82 valence electrons. The molecule has 1 aliphatic rings. The summed E-state index contributed by atoms with van der Waals surface area (Å²) in [6.45, 7) is 0. The topological polar surface area (TPSA) is 41.1 Å². The van der Waals surface area contributed by atoms with E-state index < -0.39 is 0 Å². The molecule has 16 heavy (non-hydrogen) atoms. The molecule has 3 nitrogen and oxygen atoms in total. The Bertz CT molecular complexity index is 449. The van der Waals surface area contributed by atoms with Crippen LogP contribution in [0.3, 0.4) is 0 Å². The monoisotopic (exact) mass is 234 g/mol. The molecule has 1 aliphatic carbocycles. The first-order valence-electron chi connectivity index (χ1n) is 4.94. The molecule has 1 aromatic rings. The average molecular weight is 235 g/mol. The molecule has 0 saturated carbocycles. The molecule has 4 heteroatoms. The van der Waals surface area contributed by atoms with Crippen LogP contribution in [0.4, 0.5) is 10.5 Å². The van der Waals surface area contributed by atoms with Gasteiger partial charge in [0.25, 0.3) is 0 Å². The molecule has 0 saturated heterocycles. The maximum atomic E-state index is 11.5. The lowest BCUT2D eigenvalue weighted by molar-refractivity contribution is 0.254. The smallest absolute Gasteiger partial charge is 0.308 e. The van der Waals surface area contributed by atoms with Gasteiger partial charge in [-0.05, 0) is 36.8 Å². The van der Waals surface area contributed by atoms with E-state index in [1.165, 1.54) is 0 Å². The van der Waals surface area contributed by atoms with Gasteiger partial charge in [0.05, 0.1) is 0 Å². The Morgan fingerprint density at radius 2 is 1.94 bits per heavy atom. The summed E-state index contributed by atoms with van der Waals surface area (Å²) in [6.07, 6.45) is 6.68. The van der Waals surface area contributed by atoms with Gasteiger partial charge in [-0.25, -0.2) is 4.79 Å². The molecular weight excluding hydrogens is 224 g/mol. The van der Waals surface area contributed by atoms with Gasteiger partial charge in [-0.15, -0.1) is 0 Å². The van der Waals surface area contributed by atoms with E-state index in [0.717, 1.165) is 12.1 Å². The fourth-order valence-corrected chi connectivity index (χ4v) is 1.50. The van der Waals surface area contributed by atoms with Crippen molar-refractivity contribution in [3.05, 3.63) is 53.2 Å². The lowest BCUT2D eigenvalue weighted by Gasteiger charge is -2.06. The predicted molar refractivity (Wildman–Crippen MR) is 65.4 cm³/mol. The van der Waals surface area contributed by atoms with Gasteiger partial charge >= 0.3 is 6.03 Å². The molecule has 0 unspecified atom stereocenters. The summed E-state index contributed by atoms with van der Waals surface area (Å²) in [5, 5.41) is 6.09. The zero-order chi connectivity index (χ0) is 11.4. The van der Waals surface area contributed by atoms with Gasteiger partial charge in [-0.3, -0.25) is 0 Å². The minimum atomic E-state index is -0.250. The number of carbonyl (C=O) groups is 1. The number of anilines is 1. The standard InChI is InChI=1S/C12H11ClN2O/c13-9-5-7-11(8-6-9)15-12(16)14-10-3-1-2-4-10/h1,3-8H,2H2,(H2,14,15,16). The molecule has 0 bridgehead atoms. The summed E-state index contributed by atoms with van der Waals surface area (Å²) in [6, 6.07) is 6.71. The first-order chi connectivity index (χ1) is 7.74. The van der Waals surface area contributed by atoms with Crippen LogP contribution in [-0.4, -0.2) is 6.03 Å². The third kappa shape index (κ3) is 2.87. The van der Waals surface area contributed by atoms with Crippen LogP contribution >= 0.6 is 11.6 Å². The van der Waals surface area contributed by atoms with E-state index in [1.807, 2.05) is 18.2 Å². The van der Waals surface area contributed by atoms with E-state index in [0.29, 0.717) is 10.7 Å². The number of amides is 2. The van der Waals surface area contributed by atoms with Crippen LogP contribution in [-0.2, 0) is 0 Å². The van der Waals surface area contributed by atoms with E-state index in [-0.39, 0.29) is 6.03 Å². The minimum Gasteiger partial charge on any atom is -0.308 e. The zero-order valence-corrected chi connectivity index (χ0v) is 9.29. The SMILES string of the molecule is O=C(NC1=CCC=C1)Nc1ccc(Cl)cc1. The highest BCUT2D eigenvalue weighted by molar-refractivity contribution is 6.30. The molecule has 0 radical (unpaired) electrons. The van der Waals surface area contributed by atoms with Crippen molar-refractivity contribution >= 4 is 23.3 Å². The van der Waals surface area contributed by atoms with Crippen molar-refractivity contribution in [2.24, 2.45) is 0 Å². The summed E-state index contributed by atoms with van der Waals surface area (Å²) in [5.74, 6) is 0. The Balaban J connectivity index is 1.92.